The molecule has 0 bridgehead atoms. The van der Waals surface area contributed by atoms with E-state index in [0.29, 0.717) is 21.4 Å². The molecule has 28 heavy (non-hydrogen) atoms. The Kier molecular flexibility index (Phi) is 5.96. The zero-order valence-electron chi connectivity index (χ0n) is 15.1. The minimum Gasteiger partial charge on any atom is -0.452 e. The summed E-state index contributed by atoms with van der Waals surface area (Å²) in [6.45, 7) is 3.25. The van der Waals surface area contributed by atoms with Crippen molar-refractivity contribution in [3.8, 4) is 5.69 Å². The Bertz CT molecular complexity index is 1010. The van der Waals surface area contributed by atoms with Gasteiger partial charge in [0.1, 0.15) is 5.82 Å². The number of rotatable bonds is 5. The highest BCUT2D eigenvalue weighted by atomic mass is 35.5. The first-order valence-electron chi connectivity index (χ1n) is 8.26. The number of nitrogens with zero attached hydrogens (tertiary/aromatic N) is 3. The minimum absolute atomic E-state index is 0.314. The summed E-state index contributed by atoms with van der Waals surface area (Å²) in [5.74, 6) is -0.799. The van der Waals surface area contributed by atoms with Crippen molar-refractivity contribution in [3.05, 3.63) is 69.6 Å². The Balaban J connectivity index is 1.59. The van der Waals surface area contributed by atoms with Crippen LogP contribution in [0.4, 0.5) is 5.82 Å². The number of amides is 1. The number of carbonyl (C=O) groups is 2. The maximum absolute atomic E-state index is 12.1. The third kappa shape index (κ3) is 4.49. The largest absolute Gasteiger partial charge is 0.452 e. The predicted octanol–water partition coefficient (Wildman–Crippen LogP) is 3.99. The molecule has 3 aromatic rings. The van der Waals surface area contributed by atoms with Gasteiger partial charge in [0.2, 0.25) is 0 Å². The zero-order chi connectivity index (χ0) is 20.3. The standard InChI is InChI=1S/C19H16Cl2N4O3/c1-11-18(21)12(2)25(24-11)15-6-3-13(4-7-15)19(27)28-10-17(26)23-16-8-5-14(20)9-22-16/h3-9H,10H2,1-2H3,(H,22,23,26). The third-order valence-corrected chi connectivity index (χ3v) is 4.65. The third-order valence-electron chi connectivity index (χ3n) is 3.88. The van der Waals surface area contributed by atoms with Crippen molar-refractivity contribution >= 4 is 40.9 Å². The molecule has 0 saturated carbocycles. The molecule has 7 nitrogen and oxygen atoms in total. The highest BCUT2D eigenvalue weighted by Crippen LogP contribution is 2.22. The van der Waals surface area contributed by atoms with Crippen molar-refractivity contribution < 1.29 is 14.3 Å². The van der Waals surface area contributed by atoms with Gasteiger partial charge in [-0.05, 0) is 50.2 Å². The number of nitrogens with one attached hydrogen (secondary N) is 1. The maximum atomic E-state index is 12.1. The second kappa shape index (κ2) is 8.41. The summed E-state index contributed by atoms with van der Waals surface area (Å²) < 4.78 is 6.72. The first-order chi connectivity index (χ1) is 13.3. The normalized spacial score (nSPS) is 10.6. The molecular formula is C19H16Cl2N4O3. The molecule has 2 aromatic heterocycles. The number of aromatic nitrogens is 3. The first kappa shape index (κ1) is 19.9. The zero-order valence-corrected chi connectivity index (χ0v) is 16.6. The van der Waals surface area contributed by atoms with E-state index in [-0.39, 0.29) is 0 Å². The van der Waals surface area contributed by atoms with E-state index < -0.39 is 18.5 Å². The van der Waals surface area contributed by atoms with E-state index in [4.69, 9.17) is 27.9 Å². The van der Waals surface area contributed by atoms with Gasteiger partial charge in [-0.1, -0.05) is 23.2 Å². The lowest BCUT2D eigenvalue weighted by atomic mass is 10.2. The molecule has 1 amide bonds. The molecule has 1 aromatic carbocycles. The lowest BCUT2D eigenvalue weighted by Gasteiger charge is -2.08. The van der Waals surface area contributed by atoms with Gasteiger partial charge in [-0.25, -0.2) is 14.5 Å². The fraction of sp³-hybridized carbons (Fsp3) is 0.158. The van der Waals surface area contributed by atoms with Crippen LogP contribution in [0.15, 0.2) is 42.6 Å². The molecule has 9 heteroatoms. The molecular weight excluding hydrogens is 403 g/mol. The summed E-state index contributed by atoms with van der Waals surface area (Å²) in [5.41, 5.74) is 2.61. The van der Waals surface area contributed by atoms with Crippen LogP contribution in [0.2, 0.25) is 10.0 Å². The summed E-state index contributed by atoms with van der Waals surface area (Å²) in [5, 5.41) is 7.93. The lowest BCUT2D eigenvalue weighted by Crippen LogP contribution is -2.21. The molecule has 0 aliphatic carbocycles. The fourth-order valence-corrected chi connectivity index (χ4v) is 2.69. The number of ether oxygens (including phenoxy) is 1. The van der Waals surface area contributed by atoms with Crippen LogP contribution in [0.25, 0.3) is 5.69 Å². The SMILES string of the molecule is Cc1nn(-c2ccc(C(=O)OCC(=O)Nc3ccc(Cl)cn3)cc2)c(C)c1Cl. The molecule has 3 rings (SSSR count). The van der Waals surface area contributed by atoms with Gasteiger partial charge in [-0.15, -0.1) is 0 Å². The number of pyridine rings is 1. The molecule has 0 spiro atoms. The number of benzene rings is 1. The fourth-order valence-electron chi connectivity index (χ4n) is 2.46. The second-order valence-corrected chi connectivity index (χ2v) is 6.74. The van der Waals surface area contributed by atoms with Crippen LogP contribution in [-0.2, 0) is 9.53 Å². The monoisotopic (exact) mass is 418 g/mol. The first-order valence-corrected chi connectivity index (χ1v) is 9.01. The van der Waals surface area contributed by atoms with Crippen molar-refractivity contribution in [2.45, 2.75) is 13.8 Å². The molecule has 0 fully saturated rings. The van der Waals surface area contributed by atoms with Crippen molar-refractivity contribution in [2.24, 2.45) is 0 Å². The maximum Gasteiger partial charge on any atom is 0.338 e. The molecule has 144 valence electrons. The van der Waals surface area contributed by atoms with Gasteiger partial charge in [-0.2, -0.15) is 5.10 Å². The van der Waals surface area contributed by atoms with Crippen LogP contribution in [0.3, 0.4) is 0 Å². The van der Waals surface area contributed by atoms with Gasteiger partial charge >= 0.3 is 5.97 Å². The van der Waals surface area contributed by atoms with Crippen LogP contribution < -0.4 is 5.32 Å². The van der Waals surface area contributed by atoms with E-state index in [1.807, 2.05) is 13.8 Å². The Hall–Kier alpha value is -2.90. The Morgan fingerprint density at radius 3 is 2.39 bits per heavy atom. The van der Waals surface area contributed by atoms with Crippen molar-refractivity contribution in [2.75, 3.05) is 11.9 Å². The Morgan fingerprint density at radius 2 is 1.82 bits per heavy atom. The molecule has 0 aliphatic heterocycles. The predicted molar refractivity (Wildman–Crippen MR) is 106 cm³/mol. The number of anilines is 1. The minimum atomic E-state index is -0.614. The lowest BCUT2D eigenvalue weighted by molar-refractivity contribution is -0.119. The van der Waals surface area contributed by atoms with Crippen LogP contribution in [0.1, 0.15) is 21.7 Å². The van der Waals surface area contributed by atoms with Crippen molar-refractivity contribution in [3.63, 3.8) is 0 Å². The van der Waals surface area contributed by atoms with Gasteiger partial charge in [0.05, 0.1) is 32.7 Å². The van der Waals surface area contributed by atoms with E-state index in [2.05, 4.69) is 15.4 Å². The van der Waals surface area contributed by atoms with Crippen LogP contribution in [-0.4, -0.2) is 33.2 Å². The van der Waals surface area contributed by atoms with E-state index in [1.165, 1.54) is 6.20 Å². The molecule has 1 N–H and O–H groups in total. The van der Waals surface area contributed by atoms with Gasteiger partial charge in [0.15, 0.2) is 6.61 Å². The topological polar surface area (TPSA) is 86.1 Å². The molecule has 0 radical (unpaired) electrons. The van der Waals surface area contributed by atoms with E-state index >= 15 is 0 Å². The molecule has 0 unspecified atom stereocenters. The van der Waals surface area contributed by atoms with Gasteiger partial charge in [-0.3, -0.25) is 4.79 Å². The van der Waals surface area contributed by atoms with Crippen molar-refractivity contribution in [1.82, 2.24) is 14.8 Å². The van der Waals surface area contributed by atoms with Crippen LogP contribution in [0, 0.1) is 13.8 Å². The van der Waals surface area contributed by atoms with Crippen LogP contribution >= 0.6 is 23.2 Å². The Labute approximate surface area is 171 Å². The highest BCUT2D eigenvalue weighted by molar-refractivity contribution is 6.31. The number of carbonyl (C=O) groups excluding carboxylic acids is 2. The summed E-state index contributed by atoms with van der Waals surface area (Å²) in [6.07, 6.45) is 1.40. The number of hydrogen-bond donors (Lipinski definition) is 1. The molecule has 0 saturated heterocycles. The summed E-state index contributed by atoms with van der Waals surface area (Å²) in [7, 11) is 0. The highest BCUT2D eigenvalue weighted by Gasteiger charge is 2.13. The quantitative estimate of drug-likeness (QED) is 0.633. The van der Waals surface area contributed by atoms with E-state index in [0.717, 1.165) is 17.1 Å². The number of esters is 1. The number of aryl methyl sites for hydroxylation is 1. The number of hydrogen-bond acceptors (Lipinski definition) is 5. The smallest absolute Gasteiger partial charge is 0.338 e. The Morgan fingerprint density at radius 1 is 1.11 bits per heavy atom. The van der Waals surface area contributed by atoms with Gasteiger partial charge < -0.3 is 10.1 Å². The summed E-state index contributed by atoms with van der Waals surface area (Å²) in [4.78, 5) is 27.9. The van der Waals surface area contributed by atoms with E-state index in [1.54, 1.807) is 41.1 Å². The average molecular weight is 419 g/mol. The van der Waals surface area contributed by atoms with Crippen molar-refractivity contribution in [1.29, 1.82) is 0 Å². The second-order valence-electron chi connectivity index (χ2n) is 5.93. The number of halogens is 2. The van der Waals surface area contributed by atoms with E-state index in [9.17, 15) is 9.59 Å². The summed E-state index contributed by atoms with van der Waals surface area (Å²) >= 11 is 11.9. The average Bonchev–Trinajstić information content (AvgIpc) is 2.95. The summed E-state index contributed by atoms with van der Waals surface area (Å²) in [6, 6.07) is 9.79. The molecule has 2 heterocycles. The van der Waals surface area contributed by atoms with Gasteiger partial charge in [0, 0.05) is 6.20 Å². The van der Waals surface area contributed by atoms with Gasteiger partial charge in [0.25, 0.3) is 5.91 Å². The van der Waals surface area contributed by atoms with Crippen LogP contribution in [0.5, 0.6) is 0 Å². The molecule has 0 aliphatic rings. The molecule has 0 atom stereocenters.